The molecule has 17 heavy (non-hydrogen) atoms. The fourth-order valence-corrected chi connectivity index (χ4v) is 2.05. The van der Waals surface area contributed by atoms with Gasteiger partial charge in [-0.1, -0.05) is 6.92 Å². The maximum absolute atomic E-state index is 11.8. The number of piperidine rings is 1. The van der Waals surface area contributed by atoms with E-state index in [-0.39, 0.29) is 17.7 Å². The van der Waals surface area contributed by atoms with Gasteiger partial charge in [-0.2, -0.15) is 0 Å². The van der Waals surface area contributed by atoms with Crippen molar-refractivity contribution in [3.8, 4) is 0 Å². The summed E-state index contributed by atoms with van der Waals surface area (Å²) in [6, 6.07) is 0. The molecule has 1 rings (SSSR count). The van der Waals surface area contributed by atoms with E-state index in [4.69, 9.17) is 0 Å². The van der Waals surface area contributed by atoms with Crippen LogP contribution in [-0.4, -0.2) is 47.6 Å². The molecule has 98 valence electrons. The lowest BCUT2D eigenvalue weighted by Gasteiger charge is -2.32. The average molecular weight is 242 g/mol. The van der Waals surface area contributed by atoms with Crippen molar-refractivity contribution >= 4 is 11.8 Å². The van der Waals surface area contributed by atoms with Crippen LogP contribution in [0.3, 0.4) is 0 Å². The SMILES string of the molecule is CCCNC(=O)C1CCCN(C(=O)C(C)O)C1. The summed E-state index contributed by atoms with van der Waals surface area (Å²) in [7, 11) is 0. The van der Waals surface area contributed by atoms with Crippen molar-refractivity contribution in [2.45, 2.75) is 39.2 Å². The van der Waals surface area contributed by atoms with E-state index in [1.807, 2.05) is 6.92 Å². The van der Waals surface area contributed by atoms with Gasteiger partial charge < -0.3 is 15.3 Å². The molecule has 2 N–H and O–H groups in total. The minimum atomic E-state index is -0.979. The Morgan fingerprint density at radius 2 is 2.24 bits per heavy atom. The molecule has 5 nitrogen and oxygen atoms in total. The van der Waals surface area contributed by atoms with Gasteiger partial charge in [0.1, 0.15) is 6.10 Å². The number of carbonyl (C=O) groups is 2. The number of likely N-dealkylation sites (tertiary alicyclic amines) is 1. The Bertz CT molecular complexity index is 279. The Morgan fingerprint density at radius 1 is 1.53 bits per heavy atom. The van der Waals surface area contributed by atoms with E-state index < -0.39 is 6.10 Å². The Morgan fingerprint density at radius 3 is 2.82 bits per heavy atom. The molecule has 0 radical (unpaired) electrons. The number of hydrogen-bond donors (Lipinski definition) is 2. The van der Waals surface area contributed by atoms with Crippen LogP contribution >= 0.6 is 0 Å². The van der Waals surface area contributed by atoms with Gasteiger partial charge in [0.15, 0.2) is 0 Å². The third-order valence-electron chi connectivity index (χ3n) is 3.01. The van der Waals surface area contributed by atoms with Gasteiger partial charge in [0.2, 0.25) is 5.91 Å². The second-order valence-corrected chi connectivity index (χ2v) is 4.59. The molecule has 2 amide bonds. The number of carbonyl (C=O) groups excluding carboxylic acids is 2. The minimum Gasteiger partial charge on any atom is -0.384 e. The van der Waals surface area contributed by atoms with Gasteiger partial charge >= 0.3 is 0 Å². The van der Waals surface area contributed by atoms with E-state index >= 15 is 0 Å². The molecular weight excluding hydrogens is 220 g/mol. The predicted octanol–water partition coefficient (Wildman–Crippen LogP) is 0.132. The standard InChI is InChI=1S/C12H22N2O3/c1-3-6-13-11(16)10-5-4-7-14(8-10)12(17)9(2)15/h9-10,15H,3-8H2,1-2H3,(H,13,16). The molecule has 2 atom stereocenters. The van der Waals surface area contributed by atoms with E-state index in [1.165, 1.54) is 6.92 Å². The van der Waals surface area contributed by atoms with Gasteiger partial charge in [-0.25, -0.2) is 0 Å². The lowest BCUT2D eigenvalue weighted by atomic mass is 9.96. The number of nitrogens with one attached hydrogen (secondary N) is 1. The van der Waals surface area contributed by atoms with E-state index in [0.717, 1.165) is 19.3 Å². The molecule has 0 aliphatic carbocycles. The lowest BCUT2D eigenvalue weighted by molar-refractivity contribution is -0.142. The summed E-state index contributed by atoms with van der Waals surface area (Å²) in [5.74, 6) is -0.383. The Hall–Kier alpha value is -1.10. The topological polar surface area (TPSA) is 69.6 Å². The molecule has 0 spiro atoms. The first kappa shape index (κ1) is 14.0. The van der Waals surface area contributed by atoms with Gasteiger partial charge in [0.25, 0.3) is 5.91 Å². The fraction of sp³-hybridized carbons (Fsp3) is 0.833. The minimum absolute atomic E-state index is 0.0231. The molecule has 1 fully saturated rings. The van der Waals surface area contributed by atoms with Crippen molar-refractivity contribution < 1.29 is 14.7 Å². The first-order chi connectivity index (χ1) is 8.06. The van der Waals surface area contributed by atoms with Gasteiger partial charge in [-0.05, 0) is 26.2 Å². The number of nitrogens with zero attached hydrogens (tertiary/aromatic N) is 1. The number of rotatable bonds is 4. The van der Waals surface area contributed by atoms with Crippen LogP contribution in [0.2, 0.25) is 0 Å². The number of hydrogen-bond acceptors (Lipinski definition) is 3. The van der Waals surface area contributed by atoms with Crippen molar-refractivity contribution in [3.63, 3.8) is 0 Å². The summed E-state index contributed by atoms with van der Waals surface area (Å²) >= 11 is 0. The van der Waals surface area contributed by atoms with Gasteiger partial charge in [-0.15, -0.1) is 0 Å². The molecule has 1 aliphatic rings. The molecule has 0 aromatic rings. The average Bonchev–Trinajstić information content (AvgIpc) is 2.35. The monoisotopic (exact) mass is 242 g/mol. The van der Waals surface area contributed by atoms with Gasteiger partial charge in [-0.3, -0.25) is 9.59 Å². The van der Waals surface area contributed by atoms with E-state index in [2.05, 4.69) is 5.32 Å². The maximum Gasteiger partial charge on any atom is 0.251 e. The van der Waals surface area contributed by atoms with E-state index in [1.54, 1.807) is 4.90 Å². The van der Waals surface area contributed by atoms with Crippen LogP contribution in [0, 0.1) is 5.92 Å². The molecule has 0 bridgehead atoms. The van der Waals surface area contributed by atoms with Crippen molar-refractivity contribution in [2.75, 3.05) is 19.6 Å². The predicted molar refractivity (Wildman–Crippen MR) is 64.3 cm³/mol. The quantitative estimate of drug-likeness (QED) is 0.736. The van der Waals surface area contributed by atoms with E-state index in [9.17, 15) is 14.7 Å². The summed E-state index contributed by atoms with van der Waals surface area (Å²) < 4.78 is 0. The van der Waals surface area contributed by atoms with Crippen LogP contribution in [0.5, 0.6) is 0 Å². The zero-order valence-electron chi connectivity index (χ0n) is 10.6. The molecule has 0 saturated carbocycles. The molecule has 1 aliphatic heterocycles. The largest absolute Gasteiger partial charge is 0.384 e. The van der Waals surface area contributed by atoms with Gasteiger partial charge in [0, 0.05) is 19.6 Å². The highest BCUT2D eigenvalue weighted by molar-refractivity contribution is 5.83. The van der Waals surface area contributed by atoms with Crippen LogP contribution < -0.4 is 5.32 Å². The summed E-state index contributed by atoms with van der Waals surface area (Å²) in [6.07, 6.45) is 1.57. The smallest absolute Gasteiger partial charge is 0.251 e. The highest BCUT2D eigenvalue weighted by atomic mass is 16.3. The molecule has 0 aromatic carbocycles. The van der Waals surface area contributed by atoms with Crippen LogP contribution in [0.25, 0.3) is 0 Å². The summed E-state index contributed by atoms with van der Waals surface area (Å²) in [5, 5.41) is 12.1. The van der Waals surface area contributed by atoms with Crippen LogP contribution in [-0.2, 0) is 9.59 Å². The Kier molecular flexibility index (Phi) is 5.41. The van der Waals surface area contributed by atoms with Crippen molar-refractivity contribution in [2.24, 2.45) is 5.92 Å². The second kappa shape index (κ2) is 6.59. The lowest BCUT2D eigenvalue weighted by Crippen LogP contribution is -2.48. The van der Waals surface area contributed by atoms with Crippen molar-refractivity contribution in [1.29, 1.82) is 0 Å². The molecule has 1 heterocycles. The second-order valence-electron chi connectivity index (χ2n) is 4.59. The van der Waals surface area contributed by atoms with Crippen molar-refractivity contribution in [3.05, 3.63) is 0 Å². The molecular formula is C12H22N2O3. The number of amides is 2. The van der Waals surface area contributed by atoms with Crippen LogP contribution in [0.15, 0.2) is 0 Å². The molecule has 1 saturated heterocycles. The molecule has 0 aromatic heterocycles. The third-order valence-corrected chi connectivity index (χ3v) is 3.01. The summed E-state index contributed by atoms with van der Waals surface area (Å²) in [6.45, 7) is 5.22. The first-order valence-electron chi connectivity index (χ1n) is 6.30. The van der Waals surface area contributed by atoms with Gasteiger partial charge in [0.05, 0.1) is 5.92 Å². The summed E-state index contributed by atoms with van der Waals surface area (Å²) in [4.78, 5) is 25.0. The molecule has 5 heteroatoms. The third kappa shape index (κ3) is 4.00. The zero-order valence-corrected chi connectivity index (χ0v) is 10.6. The first-order valence-corrected chi connectivity index (χ1v) is 6.30. The molecule has 2 unspecified atom stereocenters. The fourth-order valence-electron chi connectivity index (χ4n) is 2.05. The van der Waals surface area contributed by atoms with Crippen LogP contribution in [0.1, 0.15) is 33.1 Å². The Labute approximate surface area is 102 Å². The van der Waals surface area contributed by atoms with E-state index in [0.29, 0.717) is 19.6 Å². The highest BCUT2D eigenvalue weighted by Crippen LogP contribution is 2.17. The zero-order chi connectivity index (χ0) is 12.8. The maximum atomic E-state index is 11.8. The van der Waals surface area contributed by atoms with Crippen LogP contribution in [0.4, 0.5) is 0 Å². The normalized spacial score (nSPS) is 22.1. The highest BCUT2D eigenvalue weighted by Gasteiger charge is 2.29. The van der Waals surface area contributed by atoms with Crippen molar-refractivity contribution in [1.82, 2.24) is 10.2 Å². The summed E-state index contributed by atoms with van der Waals surface area (Å²) in [5.41, 5.74) is 0. The number of aliphatic hydroxyl groups excluding tert-OH is 1. The number of aliphatic hydroxyl groups is 1. The Balaban J connectivity index is 2.48.